The largest absolute Gasteiger partial charge is 0.368 e. The summed E-state index contributed by atoms with van der Waals surface area (Å²) in [7, 11) is 0. The van der Waals surface area contributed by atoms with Gasteiger partial charge in [0.2, 0.25) is 5.91 Å². The molecule has 0 spiro atoms. The number of piperazine rings is 1. The summed E-state index contributed by atoms with van der Waals surface area (Å²) in [6.45, 7) is 7.64. The maximum Gasteiger partial charge on any atom is 0.227 e. The van der Waals surface area contributed by atoms with Gasteiger partial charge in [0, 0.05) is 36.9 Å². The van der Waals surface area contributed by atoms with Gasteiger partial charge >= 0.3 is 0 Å². The van der Waals surface area contributed by atoms with Gasteiger partial charge in [-0.05, 0) is 48.7 Å². The molecule has 1 saturated heterocycles. The number of carbonyl (C=O) groups is 1. The molecular weight excluding hydrogens is 320 g/mol. The van der Waals surface area contributed by atoms with Crippen molar-refractivity contribution >= 4 is 23.2 Å². The molecule has 2 aromatic rings. The number of halogens is 1. The number of hydrogen-bond acceptors (Lipinski definition) is 2. The highest BCUT2D eigenvalue weighted by Gasteiger charge is 2.22. The molecule has 4 heteroatoms. The van der Waals surface area contributed by atoms with Crippen molar-refractivity contribution in [2.75, 3.05) is 31.1 Å². The van der Waals surface area contributed by atoms with Gasteiger partial charge in [0.05, 0.1) is 6.42 Å². The molecule has 0 saturated carbocycles. The lowest BCUT2D eigenvalue weighted by Gasteiger charge is -2.37. The van der Waals surface area contributed by atoms with Gasteiger partial charge in [-0.2, -0.15) is 0 Å². The van der Waals surface area contributed by atoms with Crippen LogP contribution in [0.25, 0.3) is 0 Å². The fraction of sp³-hybridized carbons (Fsp3) is 0.350. The maximum atomic E-state index is 12.5. The Hall–Kier alpha value is -2.00. The first-order valence-electron chi connectivity index (χ1n) is 8.38. The molecule has 0 aliphatic carbocycles. The van der Waals surface area contributed by atoms with E-state index in [1.165, 1.54) is 16.8 Å². The van der Waals surface area contributed by atoms with Gasteiger partial charge in [0.25, 0.3) is 0 Å². The Morgan fingerprint density at radius 3 is 2.33 bits per heavy atom. The van der Waals surface area contributed by atoms with E-state index < -0.39 is 0 Å². The van der Waals surface area contributed by atoms with Crippen molar-refractivity contribution in [3.8, 4) is 0 Å². The lowest BCUT2D eigenvalue weighted by atomic mass is 10.1. The topological polar surface area (TPSA) is 23.6 Å². The van der Waals surface area contributed by atoms with Crippen LogP contribution < -0.4 is 4.90 Å². The summed E-state index contributed by atoms with van der Waals surface area (Å²) in [5, 5.41) is 0.702. The van der Waals surface area contributed by atoms with E-state index in [-0.39, 0.29) is 5.91 Å². The van der Waals surface area contributed by atoms with Crippen LogP contribution in [0.5, 0.6) is 0 Å². The monoisotopic (exact) mass is 342 g/mol. The van der Waals surface area contributed by atoms with Gasteiger partial charge in [0.1, 0.15) is 0 Å². The number of aryl methyl sites for hydroxylation is 1. The van der Waals surface area contributed by atoms with Crippen LogP contribution in [0.3, 0.4) is 0 Å². The van der Waals surface area contributed by atoms with E-state index in [0.717, 1.165) is 31.7 Å². The first-order valence-corrected chi connectivity index (χ1v) is 8.76. The normalized spacial score (nSPS) is 14.8. The quantitative estimate of drug-likeness (QED) is 0.846. The number of amides is 1. The van der Waals surface area contributed by atoms with Gasteiger partial charge < -0.3 is 9.80 Å². The highest BCUT2D eigenvalue weighted by atomic mass is 35.5. The van der Waals surface area contributed by atoms with Crippen LogP contribution >= 0.6 is 11.6 Å². The second-order valence-electron chi connectivity index (χ2n) is 6.39. The predicted molar refractivity (Wildman–Crippen MR) is 99.9 cm³/mol. The summed E-state index contributed by atoms with van der Waals surface area (Å²) in [5.74, 6) is 0.193. The number of rotatable bonds is 3. The van der Waals surface area contributed by atoms with Gasteiger partial charge in [-0.25, -0.2) is 0 Å². The van der Waals surface area contributed by atoms with Crippen LogP contribution in [0.4, 0.5) is 5.69 Å². The Kier molecular flexibility index (Phi) is 5.10. The van der Waals surface area contributed by atoms with Crippen molar-refractivity contribution in [3.05, 3.63) is 64.2 Å². The molecule has 3 nitrogen and oxygen atoms in total. The summed E-state index contributed by atoms with van der Waals surface area (Å²) in [6.07, 6.45) is 0.445. The van der Waals surface area contributed by atoms with E-state index in [9.17, 15) is 4.79 Å². The lowest BCUT2D eigenvalue weighted by molar-refractivity contribution is -0.130. The molecular formula is C20H23ClN2O. The Bertz CT molecular complexity index is 719. The average Bonchev–Trinajstić information content (AvgIpc) is 2.59. The third kappa shape index (κ3) is 3.73. The maximum absolute atomic E-state index is 12.5. The molecule has 24 heavy (non-hydrogen) atoms. The minimum absolute atomic E-state index is 0.193. The van der Waals surface area contributed by atoms with Crippen LogP contribution in [0.2, 0.25) is 5.02 Å². The van der Waals surface area contributed by atoms with E-state index in [2.05, 4.69) is 36.9 Å². The third-order valence-electron chi connectivity index (χ3n) is 4.82. The fourth-order valence-corrected chi connectivity index (χ4v) is 3.29. The van der Waals surface area contributed by atoms with Crippen LogP contribution in [0, 0.1) is 13.8 Å². The van der Waals surface area contributed by atoms with E-state index >= 15 is 0 Å². The molecule has 126 valence electrons. The number of benzene rings is 2. The van der Waals surface area contributed by atoms with E-state index in [0.29, 0.717) is 11.4 Å². The summed E-state index contributed by atoms with van der Waals surface area (Å²) in [5.41, 5.74) is 4.95. The summed E-state index contributed by atoms with van der Waals surface area (Å²) >= 11 is 5.89. The first-order chi connectivity index (χ1) is 11.5. The minimum Gasteiger partial charge on any atom is -0.368 e. The Balaban J connectivity index is 1.59. The van der Waals surface area contributed by atoms with Crippen LogP contribution in [-0.4, -0.2) is 37.0 Å². The molecule has 0 radical (unpaired) electrons. The smallest absolute Gasteiger partial charge is 0.227 e. The lowest BCUT2D eigenvalue weighted by Crippen LogP contribution is -2.49. The summed E-state index contributed by atoms with van der Waals surface area (Å²) < 4.78 is 0. The Labute approximate surface area is 148 Å². The molecule has 0 unspecified atom stereocenters. The second-order valence-corrected chi connectivity index (χ2v) is 6.83. The van der Waals surface area contributed by atoms with Crippen molar-refractivity contribution in [1.82, 2.24) is 4.90 Å². The van der Waals surface area contributed by atoms with E-state index in [1.807, 2.05) is 29.2 Å². The second kappa shape index (κ2) is 7.27. The standard InChI is InChI=1S/C20H23ClN2O/c1-15-4-3-5-19(16(15)2)22-10-12-23(13-11-22)20(24)14-17-6-8-18(21)9-7-17/h3-9H,10-14H2,1-2H3. The first kappa shape index (κ1) is 16.8. The third-order valence-corrected chi connectivity index (χ3v) is 5.07. The predicted octanol–water partition coefficient (Wildman–Crippen LogP) is 3.85. The van der Waals surface area contributed by atoms with Crippen LogP contribution in [-0.2, 0) is 11.2 Å². The number of carbonyl (C=O) groups excluding carboxylic acids is 1. The molecule has 1 fully saturated rings. The Morgan fingerprint density at radius 2 is 1.67 bits per heavy atom. The van der Waals surface area contributed by atoms with Gasteiger partial charge in [-0.15, -0.1) is 0 Å². The summed E-state index contributed by atoms with van der Waals surface area (Å²) in [6, 6.07) is 13.9. The molecule has 1 aliphatic rings. The Morgan fingerprint density at radius 1 is 1.00 bits per heavy atom. The zero-order chi connectivity index (χ0) is 17.1. The van der Waals surface area contributed by atoms with Gasteiger partial charge in [0.15, 0.2) is 0 Å². The van der Waals surface area contributed by atoms with Crippen molar-refractivity contribution < 1.29 is 4.79 Å². The molecule has 3 rings (SSSR count). The minimum atomic E-state index is 0.193. The molecule has 1 amide bonds. The molecule has 0 atom stereocenters. The van der Waals surface area contributed by atoms with Crippen molar-refractivity contribution in [2.45, 2.75) is 20.3 Å². The number of hydrogen-bond donors (Lipinski definition) is 0. The number of anilines is 1. The summed E-state index contributed by atoms with van der Waals surface area (Å²) in [4.78, 5) is 16.8. The zero-order valence-corrected chi connectivity index (χ0v) is 15.0. The molecule has 0 bridgehead atoms. The van der Waals surface area contributed by atoms with Crippen molar-refractivity contribution in [3.63, 3.8) is 0 Å². The van der Waals surface area contributed by atoms with E-state index in [1.54, 1.807) is 0 Å². The molecule has 1 heterocycles. The van der Waals surface area contributed by atoms with Crippen LogP contribution in [0.1, 0.15) is 16.7 Å². The molecule has 2 aromatic carbocycles. The number of nitrogens with zero attached hydrogens (tertiary/aromatic N) is 2. The molecule has 0 aromatic heterocycles. The average molecular weight is 343 g/mol. The highest BCUT2D eigenvalue weighted by Crippen LogP contribution is 2.24. The van der Waals surface area contributed by atoms with Crippen LogP contribution in [0.15, 0.2) is 42.5 Å². The molecule has 0 N–H and O–H groups in total. The van der Waals surface area contributed by atoms with E-state index in [4.69, 9.17) is 11.6 Å². The zero-order valence-electron chi connectivity index (χ0n) is 14.3. The SMILES string of the molecule is Cc1cccc(N2CCN(C(=O)Cc3ccc(Cl)cc3)CC2)c1C. The van der Waals surface area contributed by atoms with Gasteiger partial charge in [-0.1, -0.05) is 35.9 Å². The van der Waals surface area contributed by atoms with Crippen molar-refractivity contribution in [1.29, 1.82) is 0 Å². The highest BCUT2D eigenvalue weighted by molar-refractivity contribution is 6.30. The molecule has 1 aliphatic heterocycles. The fourth-order valence-electron chi connectivity index (χ4n) is 3.16. The van der Waals surface area contributed by atoms with Gasteiger partial charge in [-0.3, -0.25) is 4.79 Å². The van der Waals surface area contributed by atoms with Crippen molar-refractivity contribution in [2.24, 2.45) is 0 Å².